The number of carbonyl (C=O) groups excluding carboxylic acids is 3. The van der Waals surface area contributed by atoms with Crippen LogP contribution < -0.4 is 16.0 Å². The van der Waals surface area contributed by atoms with Crippen molar-refractivity contribution in [3.63, 3.8) is 0 Å². The highest BCUT2D eigenvalue weighted by Gasteiger charge is 2.23. The van der Waals surface area contributed by atoms with Crippen molar-refractivity contribution in [2.24, 2.45) is 0 Å². The number of nitrogens with zero attached hydrogens (tertiary/aromatic N) is 1. The molecular formula is C19H26Cl2N4O3. The van der Waals surface area contributed by atoms with E-state index in [0.29, 0.717) is 15.7 Å². The molecule has 28 heavy (non-hydrogen) atoms. The average Bonchev–Trinajstić information content (AvgIpc) is 2.64. The third kappa shape index (κ3) is 6.96. The van der Waals surface area contributed by atoms with E-state index in [1.807, 2.05) is 0 Å². The van der Waals surface area contributed by atoms with Crippen LogP contribution in [-0.4, -0.2) is 48.4 Å². The molecular weight excluding hydrogens is 403 g/mol. The lowest BCUT2D eigenvalue weighted by atomic mass is 9.96. The molecule has 0 aliphatic heterocycles. The van der Waals surface area contributed by atoms with Crippen LogP contribution in [0, 0.1) is 0 Å². The van der Waals surface area contributed by atoms with Gasteiger partial charge in [-0.2, -0.15) is 0 Å². The quantitative estimate of drug-likeness (QED) is 0.647. The smallest absolute Gasteiger partial charge is 0.321 e. The number of carbonyl (C=O) groups is 3. The number of amides is 4. The van der Waals surface area contributed by atoms with Crippen molar-refractivity contribution < 1.29 is 14.4 Å². The first-order valence-electron chi connectivity index (χ1n) is 9.32. The lowest BCUT2D eigenvalue weighted by Gasteiger charge is -2.25. The van der Waals surface area contributed by atoms with Gasteiger partial charge in [0.15, 0.2) is 0 Å². The molecule has 0 radical (unpaired) electrons. The molecule has 154 valence electrons. The minimum absolute atomic E-state index is 0.0287. The van der Waals surface area contributed by atoms with Crippen molar-refractivity contribution in [3.05, 3.63) is 28.2 Å². The molecule has 2 rings (SSSR count). The second-order valence-electron chi connectivity index (χ2n) is 7.07. The third-order valence-electron chi connectivity index (χ3n) is 4.81. The standard InChI is InChI=1S/C19H26Cl2N4O3/c1-12(18(27)24-19(28)23-13-6-4-3-5-7-13)25(2)11-17(26)22-14-8-9-15(20)16(21)10-14/h8-10,12-13H,3-7,11H2,1-2H3,(H,22,26)(H2,23,24,27,28). The summed E-state index contributed by atoms with van der Waals surface area (Å²) in [5, 5.41) is 8.61. The van der Waals surface area contributed by atoms with Gasteiger partial charge in [0, 0.05) is 11.7 Å². The van der Waals surface area contributed by atoms with Crippen molar-refractivity contribution in [3.8, 4) is 0 Å². The van der Waals surface area contributed by atoms with Gasteiger partial charge in [0.05, 0.1) is 22.6 Å². The highest BCUT2D eigenvalue weighted by molar-refractivity contribution is 6.42. The van der Waals surface area contributed by atoms with Gasteiger partial charge in [0.2, 0.25) is 11.8 Å². The van der Waals surface area contributed by atoms with Crippen LogP contribution in [0.1, 0.15) is 39.0 Å². The second-order valence-corrected chi connectivity index (χ2v) is 7.88. The van der Waals surface area contributed by atoms with Crippen LogP contribution in [0.4, 0.5) is 10.5 Å². The highest BCUT2D eigenvalue weighted by atomic mass is 35.5. The lowest BCUT2D eigenvalue weighted by molar-refractivity contribution is -0.125. The maximum atomic E-state index is 12.3. The van der Waals surface area contributed by atoms with Crippen LogP contribution >= 0.6 is 23.2 Å². The Kier molecular flexibility index (Phi) is 8.54. The maximum absolute atomic E-state index is 12.3. The van der Waals surface area contributed by atoms with Crippen LogP contribution in [0.5, 0.6) is 0 Å². The number of hydrogen-bond donors (Lipinski definition) is 3. The minimum atomic E-state index is -0.656. The number of likely N-dealkylation sites (N-methyl/N-ethyl adjacent to an activating group) is 1. The Bertz CT molecular complexity index is 723. The van der Waals surface area contributed by atoms with E-state index in [2.05, 4.69) is 16.0 Å². The number of imide groups is 1. The zero-order chi connectivity index (χ0) is 20.7. The average molecular weight is 429 g/mol. The molecule has 4 amide bonds. The Morgan fingerprint density at radius 1 is 1.14 bits per heavy atom. The summed E-state index contributed by atoms with van der Waals surface area (Å²) in [7, 11) is 1.64. The van der Waals surface area contributed by atoms with Gasteiger partial charge in [0.1, 0.15) is 0 Å². The lowest BCUT2D eigenvalue weighted by Crippen LogP contribution is -2.51. The third-order valence-corrected chi connectivity index (χ3v) is 5.55. The van der Waals surface area contributed by atoms with Gasteiger partial charge in [-0.05, 0) is 45.0 Å². The molecule has 0 saturated heterocycles. The van der Waals surface area contributed by atoms with E-state index >= 15 is 0 Å². The maximum Gasteiger partial charge on any atom is 0.321 e. The van der Waals surface area contributed by atoms with Crippen LogP contribution in [0.3, 0.4) is 0 Å². The number of nitrogens with one attached hydrogen (secondary N) is 3. The summed E-state index contributed by atoms with van der Waals surface area (Å²) in [5.74, 6) is -0.773. The molecule has 1 saturated carbocycles. The molecule has 1 atom stereocenters. The summed E-state index contributed by atoms with van der Waals surface area (Å²) >= 11 is 11.8. The van der Waals surface area contributed by atoms with E-state index < -0.39 is 18.0 Å². The molecule has 0 aromatic heterocycles. The van der Waals surface area contributed by atoms with Gasteiger partial charge in [-0.25, -0.2) is 4.79 Å². The molecule has 7 nitrogen and oxygen atoms in total. The fourth-order valence-corrected chi connectivity index (χ4v) is 3.32. The van der Waals surface area contributed by atoms with E-state index in [-0.39, 0.29) is 18.5 Å². The summed E-state index contributed by atoms with van der Waals surface area (Å²) in [6, 6.07) is 3.75. The van der Waals surface area contributed by atoms with E-state index in [1.54, 1.807) is 37.1 Å². The molecule has 3 N–H and O–H groups in total. The Balaban J connectivity index is 1.78. The summed E-state index contributed by atoms with van der Waals surface area (Å²) in [6.07, 6.45) is 5.24. The van der Waals surface area contributed by atoms with Gasteiger partial charge in [-0.15, -0.1) is 0 Å². The first-order valence-corrected chi connectivity index (χ1v) is 10.1. The number of rotatable bonds is 6. The Hall–Kier alpha value is -1.83. The normalized spacial score (nSPS) is 15.8. The van der Waals surface area contributed by atoms with Gasteiger partial charge >= 0.3 is 6.03 Å². The second kappa shape index (κ2) is 10.6. The van der Waals surface area contributed by atoms with Gasteiger partial charge < -0.3 is 10.6 Å². The monoisotopic (exact) mass is 428 g/mol. The van der Waals surface area contributed by atoms with E-state index in [9.17, 15) is 14.4 Å². The molecule has 0 bridgehead atoms. The van der Waals surface area contributed by atoms with E-state index in [4.69, 9.17) is 23.2 Å². The highest BCUT2D eigenvalue weighted by Crippen LogP contribution is 2.25. The summed E-state index contributed by atoms with van der Waals surface area (Å²) < 4.78 is 0. The number of halogens is 2. The Morgan fingerprint density at radius 2 is 1.82 bits per heavy atom. The van der Waals surface area contributed by atoms with Crippen molar-refractivity contribution in [2.45, 2.75) is 51.1 Å². The van der Waals surface area contributed by atoms with Crippen molar-refractivity contribution in [2.75, 3.05) is 18.9 Å². The molecule has 1 aliphatic rings. The molecule has 1 aliphatic carbocycles. The van der Waals surface area contributed by atoms with E-state index in [1.165, 1.54) is 6.42 Å². The number of urea groups is 1. The number of benzene rings is 1. The van der Waals surface area contributed by atoms with Crippen LogP contribution in [-0.2, 0) is 9.59 Å². The molecule has 1 aromatic rings. The largest absolute Gasteiger partial charge is 0.335 e. The zero-order valence-electron chi connectivity index (χ0n) is 16.1. The molecule has 9 heteroatoms. The molecule has 1 fully saturated rings. The predicted octanol–water partition coefficient (Wildman–Crippen LogP) is 3.41. The SMILES string of the molecule is CC(C(=O)NC(=O)NC1CCCCC1)N(C)CC(=O)Nc1ccc(Cl)c(Cl)c1. The van der Waals surface area contributed by atoms with E-state index in [0.717, 1.165) is 25.7 Å². The fourth-order valence-electron chi connectivity index (χ4n) is 3.02. The molecule has 0 heterocycles. The fraction of sp³-hybridized carbons (Fsp3) is 0.526. The Labute approximate surface area is 175 Å². The topological polar surface area (TPSA) is 90.5 Å². The van der Waals surface area contributed by atoms with Gasteiger partial charge in [-0.1, -0.05) is 42.5 Å². The summed E-state index contributed by atoms with van der Waals surface area (Å²) in [6.45, 7) is 1.61. The van der Waals surface area contributed by atoms with Crippen molar-refractivity contribution in [1.29, 1.82) is 0 Å². The van der Waals surface area contributed by atoms with Crippen molar-refractivity contribution in [1.82, 2.24) is 15.5 Å². The van der Waals surface area contributed by atoms with Crippen LogP contribution in [0.15, 0.2) is 18.2 Å². The van der Waals surface area contributed by atoms with Crippen molar-refractivity contribution >= 4 is 46.7 Å². The Morgan fingerprint density at radius 3 is 2.46 bits per heavy atom. The summed E-state index contributed by atoms with van der Waals surface area (Å²) in [5.41, 5.74) is 0.511. The summed E-state index contributed by atoms with van der Waals surface area (Å²) in [4.78, 5) is 38.0. The predicted molar refractivity (Wildman–Crippen MR) is 111 cm³/mol. The van der Waals surface area contributed by atoms with Crippen LogP contribution in [0.2, 0.25) is 10.0 Å². The van der Waals surface area contributed by atoms with Gasteiger partial charge in [0.25, 0.3) is 0 Å². The van der Waals surface area contributed by atoms with Crippen LogP contribution in [0.25, 0.3) is 0 Å². The molecule has 1 aromatic carbocycles. The first kappa shape index (κ1) is 22.5. The van der Waals surface area contributed by atoms with Gasteiger partial charge in [-0.3, -0.25) is 19.8 Å². The minimum Gasteiger partial charge on any atom is -0.335 e. The number of anilines is 1. The first-order chi connectivity index (χ1) is 13.3. The zero-order valence-corrected chi connectivity index (χ0v) is 17.6. The number of hydrogen-bond acceptors (Lipinski definition) is 4. The molecule has 1 unspecified atom stereocenters. The molecule has 0 spiro atoms.